The summed E-state index contributed by atoms with van der Waals surface area (Å²) >= 11 is 5.87. The molecule has 0 aliphatic heterocycles. The van der Waals surface area contributed by atoms with E-state index in [0.29, 0.717) is 11.3 Å². The summed E-state index contributed by atoms with van der Waals surface area (Å²) in [5.74, 6) is 0.565. The standard InChI is InChI=1S/C17H11ClF3N7O/c1-29-10-4-2-8(3-5-10)14-13(15-25-26-27-28(15)16(22)24-14)9-6-11(17(19,20)21)23-12(18)7-9/h2-7H,1H3,(H2,22,24). The SMILES string of the molecule is COc1ccc(-c2nc(N)n3nnnc3c2-c2cc(Cl)nc(C(F)(F)F)c2)cc1. The van der Waals surface area contributed by atoms with Gasteiger partial charge in [0.1, 0.15) is 16.6 Å². The zero-order valence-electron chi connectivity index (χ0n) is 14.6. The quantitative estimate of drug-likeness (QED) is 0.505. The molecular formula is C17H11ClF3N7O. The van der Waals surface area contributed by atoms with Crippen LogP contribution in [0.2, 0.25) is 5.15 Å². The van der Waals surface area contributed by atoms with Gasteiger partial charge >= 0.3 is 6.18 Å². The summed E-state index contributed by atoms with van der Waals surface area (Å²) in [4.78, 5) is 7.67. The minimum atomic E-state index is -4.69. The predicted octanol–water partition coefficient (Wildman–Crippen LogP) is 3.51. The van der Waals surface area contributed by atoms with Crippen molar-refractivity contribution in [2.75, 3.05) is 12.8 Å². The average molecular weight is 422 g/mol. The van der Waals surface area contributed by atoms with Gasteiger partial charge in [-0.2, -0.15) is 17.7 Å². The van der Waals surface area contributed by atoms with Crippen LogP contribution >= 0.6 is 11.6 Å². The molecule has 0 aliphatic rings. The van der Waals surface area contributed by atoms with Crippen LogP contribution in [0.4, 0.5) is 19.1 Å². The lowest BCUT2D eigenvalue weighted by Gasteiger charge is -2.14. The smallest absolute Gasteiger partial charge is 0.433 e. The van der Waals surface area contributed by atoms with Crippen LogP contribution in [0.25, 0.3) is 28.0 Å². The highest BCUT2D eigenvalue weighted by Gasteiger charge is 2.34. The number of ether oxygens (including phenoxy) is 1. The lowest BCUT2D eigenvalue weighted by Crippen LogP contribution is -2.09. The fourth-order valence-corrected chi connectivity index (χ4v) is 3.04. The lowest BCUT2D eigenvalue weighted by molar-refractivity contribution is -0.141. The van der Waals surface area contributed by atoms with Gasteiger partial charge in [-0.15, -0.1) is 5.10 Å². The van der Waals surface area contributed by atoms with Crippen LogP contribution in [0.15, 0.2) is 36.4 Å². The fraction of sp³-hybridized carbons (Fsp3) is 0.118. The van der Waals surface area contributed by atoms with E-state index in [0.717, 1.165) is 10.6 Å². The van der Waals surface area contributed by atoms with Crippen LogP contribution in [0.5, 0.6) is 5.75 Å². The number of alkyl halides is 3. The Morgan fingerprint density at radius 1 is 1.07 bits per heavy atom. The first-order valence-electron chi connectivity index (χ1n) is 8.05. The number of nitrogens with zero attached hydrogens (tertiary/aromatic N) is 6. The number of methoxy groups -OCH3 is 1. The molecular weight excluding hydrogens is 411 g/mol. The number of rotatable bonds is 3. The van der Waals surface area contributed by atoms with Crippen molar-refractivity contribution >= 4 is 23.2 Å². The van der Waals surface area contributed by atoms with Crippen molar-refractivity contribution in [2.45, 2.75) is 6.18 Å². The molecule has 0 bridgehead atoms. The van der Waals surface area contributed by atoms with Crippen molar-refractivity contribution in [3.05, 3.63) is 47.2 Å². The number of hydrogen-bond acceptors (Lipinski definition) is 7. The molecule has 0 radical (unpaired) electrons. The number of halogens is 4. The summed E-state index contributed by atoms with van der Waals surface area (Å²) in [6, 6.07) is 8.90. The molecule has 3 heterocycles. The van der Waals surface area contributed by atoms with Crippen molar-refractivity contribution in [3.63, 3.8) is 0 Å². The van der Waals surface area contributed by atoms with E-state index in [-0.39, 0.29) is 33.6 Å². The summed E-state index contributed by atoms with van der Waals surface area (Å²) in [6.07, 6.45) is -4.69. The highest BCUT2D eigenvalue weighted by molar-refractivity contribution is 6.29. The molecule has 0 fully saturated rings. The summed E-state index contributed by atoms with van der Waals surface area (Å²) in [5, 5.41) is 10.9. The zero-order chi connectivity index (χ0) is 20.8. The van der Waals surface area contributed by atoms with Crippen LogP contribution in [-0.4, -0.2) is 37.1 Å². The molecule has 148 valence electrons. The monoisotopic (exact) mass is 421 g/mol. The van der Waals surface area contributed by atoms with Gasteiger partial charge in [-0.05, 0) is 52.4 Å². The second-order valence-corrected chi connectivity index (χ2v) is 6.29. The summed E-state index contributed by atoms with van der Waals surface area (Å²) in [7, 11) is 1.52. The van der Waals surface area contributed by atoms with E-state index in [9.17, 15) is 13.2 Å². The Morgan fingerprint density at radius 3 is 2.45 bits per heavy atom. The molecule has 0 saturated heterocycles. The molecule has 0 aliphatic carbocycles. The maximum absolute atomic E-state index is 13.3. The van der Waals surface area contributed by atoms with E-state index in [1.807, 2.05) is 0 Å². The molecule has 8 nitrogen and oxygen atoms in total. The number of nitrogens with two attached hydrogens (primary N) is 1. The molecule has 0 saturated carbocycles. The van der Waals surface area contributed by atoms with Crippen molar-refractivity contribution in [1.29, 1.82) is 0 Å². The minimum Gasteiger partial charge on any atom is -0.497 e. The van der Waals surface area contributed by atoms with Gasteiger partial charge in [-0.25, -0.2) is 9.97 Å². The number of fused-ring (bicyclic) bond motifs is 1. The fourth-order valence-electron chi connectivity index (χ4n) is 2.83. The van der Waals surface area contributed by atoms with Crippen molar-refractivity contribution in [2.24, 2.45) is 0 Å². The van der Waals surface area contributed by atoms with Crippen LogP contribution in [0.1, 0.15) is 5.69 Å². The van der Waals surface area contributed by atoms with Gasteiger partial charge < -0.3 is 10.5 Å². The second-order valence-electron chi connectivity index (χ2n) is 5.90. The number of benzene rings is 1. The molecule has 12 heteroatoms. The molecule has 0 spiro atoms. The molecule has 3 aromatic heterocycles. The van der Waals surface area contributed by atoms with Gasteiger partial charge in [0.25, 0.3) is 0 Å². The maximum atomic E-state index is 13.3. The van der Waals surface area contributed by atoms with Gasteiger partial charge in [-0.3, -0.25) is 0 Å². The highest BCUT2D eigenvalue weighted by atomic mass is 35.5. The van der Waals surface area contributed by atoms with Crippen LogP contribution < -0.4 is 10.5 Å². The average Bonchev–Trinajstić information content (AvgIpc) is 3.17. The highest BCUT2D eigenvalue weighted by Crippen LogP contribution is 2.38. The molecule has 4 rings (SSSR count). The molecule has 2 N–H and O–H groups in total. The number of hydrogen-bond donors (Lipinski definition) is 1. The number of tetrazole rings is 1. The maximum Gasteiger partial charge on any atom is 0.433 e. The second kappa shape index (κ2) is 6.85. The van der Waals surface area contributed by atoms with Crippen molar-refractivity contribution in [3.8, 4) is 28.1 Å². The molecule has 1 aromatic carbocycles. The number of nitrogen functional groups attached to an aromatic ring is 1. The summed E-state index contributed by atoms with van der Waals surface area (Å²) in [6.45, 7) is 0. The molecule has 29 heavy (non-hydrogen) atoms. The van der Waals surface area contributed by atoms with Gasteiger partial charge in [0, 0.05) is 5.56 Å². The molecule has 0 amide bonds. The Kier molecular flexibility index (Phi) is 4.46. The number of anilines is 1. The molecule has 0 atom stereocenters. The minimum absolute atomic E-state index is 0.0317. The number of pyridine rings is 1. The van der Waals surface area contributed by atoms with E-state index in [4.69, 9.17) is 22.1 Å². The Bertz CT molecular complexity index is 1210. The van der Waals surface area contributed by atoms with Crippen molar-refractivity contribution in [1.82, 2.24) is 30.0 Å². The third-order valence-electron chi connectivity index (χ3n) is 4.11. The third kappa shape index (κ3) is 3.40. The topological polar surface area (TPSA) is 104 Å². The number of aromatic nitrogens is 6. The largest absolute Gasteiger partial charge is 0.497 e. The Labute approximate surface area is 166 Å². The van der Waals surface area contributed by atoms with Crippen LogP contribution in [0, 0.1) is 0 Å². The Balaban J connectivity index is 2.04. The lowest BCUT2D eigenvalue weighted by atomic mass is 10.00. The summed E-state index contributed by atoms with van der Waals surface area (Å²) < 4.78 is 46.1. The first kappa shape index (κ1) is 18.9. The van der Waals surface area contributed by atoms with E-state index in [1.165, 1.54) is 13.2 Å². The van der Waals surface area contributed by atoms with Gasteiger partial charge in [0.2, 0.25) is 5.95 Å². The molecule has 4 aromatic rings. The third-order valence-corrected chi connectivity index (χ3v) is 4.30. The van der Waals surface area contributed by atoms with Crippen LogP contribution in [0.3, 0.4) is 0 Å². The van der Waals surface area contributed by atoms with E-state index < -0.39 is 11.9 Å². The Hall–Kier alpha value is -3.47. The van der Waals surface area contributed by atoms with Gasteiger partial charge in [0.15, 0.2) is 5.65 Å². The van der Waals surface area contributed by atoms with E-state index >= 15 is 0 Å². The van der Waals surface area contributed by atoms with Gasteiger partial charge in [-0.1, -0.05) is 11.6 Å². The zero-order valence-corrected chi connectivity index (χ0v) is 15.4. The van der Waals surface area contributed by atoms with Gasteiger partial charge in [0.05, 0.1) is 18.4 Å². The van der Waals surface area contributed by atoms with E-state index in [2.05, 4.69) is 25.5 Å². The first-order chi connectivity index (χ1) is 13.8. The van der Waals surface area contributed by atoms with Crippen molar-refractivity contribution < 1.29 is 17.9 Å². The first-order valence-corrected chi connectivity index (χ1v) is 8.43. The van der Waals surface area contributed by atoms with Crippen LogP contribution in [-0.2, 0) is 6.18 Å². The predicted molar refractivity (Wildman–Crippen MR) is 98.2 cm³/mol. The molecule has 0 unspecified atom stereocenters. The van der Waals surface area contributed by atoms with E-state index in [1.54, 1.807) is 24.3 Å². The Morgan fingerprint density at radius 2 is 1.79 bits per heavy atom. The normalized spacial score (nSPS) is 11.8. The summed E-state index contributed by atoms with van der Waals surface area (Å²) in [5.41, 5.74) is 6.08.